The van der Waals surface area contributed by atoms with Gasteiger partial charge in [-0.1, -0.05) is 18.2 Å². The molecule has 3 rings (SSSR count). The Hall–Kier alpha value is -3.32. The number of likely N-dealkylation sites (tertiary alicyclic amines) is 1. The van der Waals surface area contributed by atoms with Gasteiger partial charge in [-0.25, -0.2) is 0 Å². The predicted octanol–water partition coefficient (Wildman–Crippen LogP) is 2.94. The van der Waals surface area contributed by atoms with Crippen molar-refractivity contribution in [1.82, 2.24) is 10.2 Å². The number of nitrogens with one attached hydrogen (secondary N) is 2. The van der Waals surface area contributed by atoms with Gasteiger partial charge in [-0.3, -0.25) is 14.5 Å². The zero-order chi connectivity index (χ0) is 22.1. The first-order valence-electron chi connectivity index (χ1n) is 10.3. The van der Waals surface area contributed by atoms with Crippen LogP contribution in [0.3, 0.4) is 0 Å². The Kier molecular flexibility index (Phi) is 8.06. The standard InChI is InChI=1S/C24H29N3O4/c1-30-21-10-8-18(22(16-21)31-2)9-11-23(28)25-20-12-14-27(15-13-20)17-24(29)26-19-6-4-3-5-7-19/h3-11,16,20H,12-15,17H2,1-2H3,(H,25,28)(H,26,29)/b11-9+. The van der Waals surface area contributed by atoms with Crippen molar-refractivity contribution in [2.45, 2.75) is 18.9 Å². The highest BCUT2D eigenvalue weighted by atomic mass is 16.5. The van der Waals surface area contributed by atoms with Gasteiger partial charge in [0.1, 0.15) is 11.5 Å². The molecule has 0 aliphatic carbocycles. The maximum atomic E-state index is 12.3. The van der Waals surface area contributed by atoms with E-state index in [0.29, 0.717) is 18.0 Å². The van der Waals surface area contributed by atoms with Crippen molar-refractivity contribution in [3.63, 3.8) is 0 Å². The topological polar surface area (TPSA) is 79.9 Å². The highest BCUT2D eigenvalue weighted by Gasteiger charge is 2.21. The van der Waals surface area contributed by atoms with Crippen LogP contribution < -0.4 is 20.1 Å². The molecule has 1 heterocycles. The molecule has 0 atom stereocenters. The van der Waals surface area contributed by atoms with Gasteiger partial charge in [-0.15, -0.1) is 0 Å². The number of anilines is 1. The SMILES string of the molecule is COc1ccc(/C=C/C(=O)NC2CCN(CC(=O)Nc3ccccc3)CC2)c(OC)c1. The van der Waals surface area contributed by atoms with E-state index in [0.717, 1.165) is 37.2 Å². The predicted molar refractivity (Wildman–Crippen MR) is 121 cm³/mol. The first-order chi connectivity index (χ1) is 15.1. The minimum atomic E-state index is -0.141. The minimum absolute atomic E-state index is 0.0231. The summed E-state index contributed by atoms with van der Waals surface area (Å²) in [6, 6.07) is 15.0. The summed E-state index contributed by atoms with van der Waals surface area (Å²) in [5.41, 5.74) is 1.60. The Morgan fingerprint density at radius 3 is 2.48 bits per heavy atom. The summed E-state index contributed by atoms with van der Waals surface area (Å²) in [6.45, 7) is 1.89. The van der Waals surface area contributed by atoms with Gasteiger partial charge in [-0.2, -0.15) is 0 Å². The summed E-state index contributed by atoms with van der Waals surface area (Å²) >= 11 is 0. The van der Waals surface area contributed by atoms with E-state index >= 15 is 0 Å². The number of carbonyl (C=O) groups excluding carboxylic acids is 2. The molecule has 0 unspecified atom stereocenters. The molecule has 2 aromatic rings. The van der Waals surface area contributed by atoms with Crippen LogP contribution >= 0.6 is 0 Å². The highest BCUT2D eigenvalue weighted by molar-refractivity contribution is 5.93. The Morgan fingerprint density at radius 2 is 1.81 bits per heavy atom. The fourth-order valence-electron chi connectivity index (χ4n) is 3.53. The van der Waals surface area contributed by atoms with Crippen molar-refractivity contribution in [3.05, 3.63) is 60.2 Å². The molecule has 1 aliphatic heterocycles. The number of nitrogens with zero attached hydrogens (tertiary/aromatic N) is 1. The number of para-hydroxylation sites is 1. The number of hydrogen-bond donors (Lipinski definition) is 2. The lowest BCUT2D eigenvalue weighted by atomic mass is 10.0. The molecule has 7 nitrogen and oxygen atoms in total. The van der Waals surface area contributed by atoms with E-state index in [1.165, 1.54) is 6.08 Å². The largest absolute Gasteiger partial charge is 0.497 e. The van der Waals surface area contributed by atoms with E-state index in [1.54, 1.807) is 26.4 Å². The van der Waals surface area contributed by atoms with E-state index < -0.39 is 0 Å². The number of carbonyl (C=O) groups is 2. The maximum Gasteiger partial charge on any atom is 0.244 e. The molecule has 31 heavy (non-hydrogen) atoms. The van der Waals surface area contributed by atoms with Crippen molar-refractivity contribution < 1.29 is 19.1 Å². The number of ether oxygens (including phenoxy) is 2. The number of rotatable bonds is 8. The molecular formula is C24H29N3O4. The van der Waals surface area contributed by atoms with Crippen LogP contribution in [0.1, 0.15) is 18.4 Å². The van der Waals surface area contributed by atoms with E-state index in [2.05, 4.69) is 15.5 Å². The van der Waals surface area contributed by atoms with Crippen LogP contribution in [0.15, 0.2) is 54.6 Å². The summed E-state index contributed by atoms with van der Waals surface area (Å²) in [6.07, 6.45) is 4.87. The molecule has 0 aromatic heterocycles. The van der Waals surface area contributed by atoms with Gasteiger partial charge in [0.05, 0.1) is 20.8 Å². The van der Waals surface area contributed by atoms with Crippen molar-refractivity contribution in [2.75, 3.05) is 39.2 Å². The average molecular weight is 424 g/mol. The summed E-state index contributed by atoms with van der Waals surface area (Å²) in [4.78, 5) is 26.6. The number of amides is 2. The zero-order valence-corrected chi connectivity index (χ0v) is 18.0. The molecule has 1 aliphatic rings. The summed E-state index contributed by atoms with van der Waals surface area (Å²) in [5, 5.41) is 5.95. The van der Waals surface area contributed by atoms with E-state index in [9.17, 15) is 9.59 Å². The molecule has 0 bridgehead atoms. The zero-order valence-electron chi connectivity index (χ0n) is 18.0. The number of benzene rings is 2. The van der Waals surface area contributed by atoms with Crippen molar-refractivity contribution >= 4 is 23.6 Å². The molecule has 0 radical (unpaired) electrons. The normalized spacial score (nSPS) is 14.9. The van der Waals surface area contributed by atoms with Crippen molar-refractivity contribution in [1.29, 1.82) is 0 Å². The Bertz CT molecular complexity index is 906. The summed E-state index contributed by atoms with van der Waals surface area (Å²) in [5.74, 6) is 1.18. The van der Waals surface area contributed by atoms with Crippen LogP contribution in [-0.2, 0) is 9.59 Å². The van der Waals surface area contributed by atoms with Crippen molar-refractivity contribution in [3.8, 4) is 11.5 Å². The quantitative estimate of drug-likeness (QED) is 0.638. The van der Waals surface area contributed by atoms with Crippen molar-refractivity contribution in [2.24, 2.45) is 0 Å². The third-order valence-corrected chi connectivity index (χ3v) is 5.21. The van der Waals surface area contributed by atoms with Gasteiger partial charge in [0.2, 0.25) is 11.8 Å². The lowest BCUT2D eigenvalue weighted by Gasteiger charge is -2.31. The van der Waals surface area contributed by atoms with Gasteiger partial charge in [0.15, 0.2) is 0 Å². The molecule has 2 aromatic carbocycles. The molecule has 7 heteroatoms. The monoisotopic (exact) mass is 423 g/mol. The second-order valence-corrected chi connectivity index (χ2v) is 7.41. The van der Waals surface area contributed by atoms with E-state index in [4.69, 9.17) is 9.47 Å². The van der Waals surface area contributed by atoms with Gasteiger partial charge in [0, 0.05) is 42.5 Å². The molecule has 164 valence electrons. The highest BCUT2D eigenvalue weighted by Crippen LogP contribution is 2.25. The van der Waals surface area contributed by atoms with Gasteiger partial charge in [-0.05, 0) is 43.2 Å². The Balaban J connectivity index is 1.42. The number of piperidine rings is 1. The molecular weight excluding hydrogens is 394 g/mol. The van der Waals surface area contributed by atoms with Crippen LogP contribution in [0, 0.1) is 0 Å². The fraction of sp³-hybridized carbons (Fsp3) is 0.333. The van der Waals surface area contributed by atoms with Crippen LogP contribution in [0.5, 0.6) is 11.5 Å². The molecule has 2 N–H and O–H groups in total. The van der Waals surface area contributed by atoms with E-state index in [1.807, 2.05) is 42.5 Å². The molecule has 0 saturated carbocycles. The third kappa shape index (κ3) is 6.86. The molecule has 0 spiro atoms. The molecule has 2 amide bonds. The lowest BCUT2D eigenvalue weighted by molar-refractivity contribution is -0.119. The first-order valence-corrected chi connectivity index (χ1v) is 10.3. The number of methoxy groups -OCH3 is 2. The van der Waals surface area contributed by atoms with Gasteiger partial charge >= 0.3 is 0 Å². The molecule has 1 saturated heterocycles. The van der Waals surface area contributed by atoms with E-state index in [-0.39, 0.29) is 17.9 Å². The molecule has 1 fully saturated rings. The second-order valence-electron chi connectivity index (χ2n) is 7.41. The Morgan fingerprint density at radius 1 is 1.06 bits per heavy atom. The smallest absolute Gasteiger partial charge is 0.244 e. The fourth-order valence-corrected chi connectivity index (χ4v) is 3.53. The average Bonchev–Trinajstić information content (AvgIpc) is 2.79. The Labute approximate surface area is 183 Å². The second kappa shape index (κ2) is 11.2. The van der Waals surface area contributed by atoms with Crippen LogP contribution in [-0.4, -0.2) is 56.6 Å². The minimum Gasteiger partial charge on any atom is -0.497 e. The summed E-state index contributed by atoms with van der Waals surface area (Å²) < 4.78 is 10.5. The summed E-state index contributed by atoms with van der Waals surface area (Å²) in [7, 11) is 3.18. The maximum absolute atomic E-state index is 12.3. The van der Waals surface area contributed by atoms with Gasteiger partial charge in [0.25, 0.3) is 0 Å². The van der Waals surface area contributed by atoms with Crippen LogP contribution in [0.25, 0.3) is 6.08 Å². The third-order valence-electron chi connectivity index (χ3n) is 5.21. The van der Waals surface area contributed by atoms with Crippen LogP contribution in [0.4, 0.5) is 5.69 Å². The van der Waals surface area contributed by atoms with Gasteiger partial charge < -0.3 is 20.1 Å². The first kappa shape index (κ1) is 22.4. The lowest BCUT2D eigenvalue weighted by Crippen LogP contribution is -2.46. The number of hydrogen-bond acceptors (Lipinski definition) is 5. The van der Waals surface area contributed by atoms with Crippen LogP contribution in [0.2, 0.25) is 0 Å².